The van der Waals surface area contributed by atoms with E-state index < -0.39 is 14.6 Å². The molecule has 2 heterocycles. The smallest absolute Gasteiger partial charge is 0.289 e. The molecule has 1 fully saturated rings. The van der Waals surface area contributed by atoms with Gasteiger partial charge in [-0.3, -0.25) is 9.79 Å². The van der Waals surface area contributed by atoms with Crippen LogP contribution in [0.15, 0.2) is 27.8 Å². The van der Waals surface area contributed by atoms with Crippen molar-refractivity contribution >= 4 is 21.7 Å². The van der Waals surface area contributed by atoms with E-state index in [9.17, 15) is 13.2 Å². The van der Waals surface area contributed by atoms with Crippen molar-refractivity contribution in [3.05, 3.63) is 24.2 Å². The second-order valence-electron chi connectivity index (χ2n) is 7.16. The van der Waals surface area contributed by atoms with Crippen LogP contribution in [0.2, 0.25) is 0 Å². The minimum absolute atomic E-state index is 0.0481. The van der Waals surface area contributed by atoms with Gasteiger partial charge in [-0.15, -0.1) is 0 Å². The molecule has 1 saturated heterocycles. The first kappa shape index (κ1) is 20.3. The van der Waals surface area contributed by atoms with Crippen LogP contribution in [0.1, 0.15) is 31.3 Å². The summed E-state index contributed by atoms with van der Waals surface area (Å²) in [6.07, 6.45) is 1.49. The summed E-state index contributed by atoms with van der Waals surface area (Å²) >= 11 is 0. The van der Waals surface area contributed by atoms with Crippen LogP contribution >= 0.6 is 0 Å². The topological polar surface area (TPSA) is 95.2 Å². The number of hydrogen-bond donors (Lipinski definition) is 1. The first-order valence-electron chi connectivity index (χ1n) is 8.66. The van der Waals surface area contributed by atoms with Gasteiger partial charge in [0.1, 0.15) is 0 Å². The summed E-state index contributed by atoms with van der Waals surface area (Å²) in [4.78, 5) is 20.3. The summed E-state index contributed by atoms with van der Waals surface area (Å²) in [5.41, 5.74) is 0. The summed E-state index contributed by atoms with van der Waals surface area (Å²) in [6.45, 7) is 7.76. The minimum atomic E-state index is -3.18. The molecule has 0 spiro atoms. The van der Waals surface area contributed by atoms with Gasteiger partial charge in [-0.25, -0.2) is 8.42 Å². The highest BCUT2D eigenvalue weighted by atomic mass is 32.2. The van der Waals surface area contributed by atoms with Crippen molar-refractivity contribution < 1.29 is 17.6 Å². The SMILES string of the molecule is CN=C(NCCS(=O)(=O)C(C)(C)C)N1CCN(C(=O)c2ccco2)CC1. The third kappa shape index (κ3) is 4.78. The fraction of sp³-hybridized carbons (Fsp3) is 0.647. The Balaban J connectivity index is 1.84. The molecule has 26 heavy (non-hydrogen) atoms. The molecule has 1 aliphatic rings. The third-order valence-electron chi connectivity index (χ3n) is 4.40. The van der Waals surface area contributed by atoms with Crippen molar-refractivity contribution in [2.24, 2.45) is 4.99 Å². The van der Waals surface area contributed by atoms with Crippen LogP contribution in [0.4, 0.5) is 0 Å². The first-order valence-corrected chi connectivity index (χ1v) is 10.3. The quantitative estimate of drug-likeness (QED) is 0.610. The molecule has 2 rings (SSSR count). The lowest BCUT2D eigenvalue weighted by atomic mass is 10.3. The summed E-state index contributed by atoms with van der Waals surface area (Å²) in [7, 11) is -1.51. The highest BCUT2D eigenvalue weighted by molar-refractivity contribution is 7.92. The number of rotatable bonds is 4. The van der Waals surface area contributed by atoms with Crippen LogP contribution in [-0.4, -0.2) is 80.4 Å². The molecule has 0 aromatic carbocycles. The normalized spacial score (nSPS) is 16.7. The maximum absolute atomic E-state index is 12.3. The molecule has 0 bridgehead atoms. The van der Waals surface area contributed by atoms with Crippen molar-refractivity contribution in [3.8, 4) is 0 Å². The Kier molecular flexibility index (Phi) is 6.33. The van der Waals surface area contributed by atoms with E-state index in [4.69, 9.17) is 4.42 Å². The zero-order valence-electron chi connectivity index (χ0n) is 15.9. The second-order valence-corrected chi connectivity index (χ2v) is 10.0. The van der Waals surface area contributed by atoms with E-state index in [1.807, 2.05) is 4.90 Å². The average molecular weight is 385 g/mol. The van der Waals surface area contributed by atoms with Crippen LogP contribution < -0.4 is 5.32 Å². The summed E-state index contributed by atoms with van der Waals surface area (Å²) < 4.78 is 28.8. The van der Waals surface area contributed by atoms with Crippen LogP contribution in [0.5, 0.6) is 0 Å². The Morgan fingerprint density at radius 1 is 1.23 bits per heavy atom. The zero-order chi connectivity index (χ0) is 19.4. The monoisotopic (exact) mass is 384 g/mol. The van der Waals surface area contributed by atoms with Gasteiger partial charge in [0.15, 0.2) is 21.6 Å². The summed E-state index contributed by atoms with van der Waals surface area (Å²) in [5.74, 6) is 0.924. The Morgan fingerprint density at radius 3 is 2.35 bits per heavy atom. The molecule has 0 unspecified atom stereocenters. The van der Waals surface area contributed by atoms with Crippen LogP contribution in [0.3, 0.4) is 0 Å². The molecular formula is C17H28N4O4S. The average Bonchev–Trinajstić information content (AvgIpc) is 3.12. The van der Waals surface area contributed by atoms with Gasteiger partial charge in [0.25, 0.3) is 5.91 Å². The van der Waals surface area contributed by atoms with E-state index in [1.165, 1.54) is 6.26 Å². The van der Waals surface area contributed by atoms with E-state index in [0.717, 1.165) is 0 Å². The Bertz CT molecular complexity index is 727. The van der Waals surface area contributed by atoms with Crippen LogP contribution in [0, 0.1) is 0 Å². The van der Waals surface area contributed by atoms with Crippen molar-refractivity contribution in [1.29, 1.82) is 0 Å². The lowest BCUT2D eigenvalue weighted by Gasteiger charge is -2.36. The number of hydrogen-bond acceptors (Lipinski definition) is 5. The highest BCUT2D eigenvalue weighted by Gasteiger charge is 2.29. The Morgan fingerprint density at radius 2 is 1.85 bits per heavy atom. The molecule has 0 atom stereocenters. The Labute approximate surface area is 155 Å². The molecule has 1 aromatic rings. The van der Waals surface area contributed by atoms with Crippen molar-refractivity contribution in [2.45, 2.75) is 25.5 Å². The van der Waals surface area contributed by atoms with E-state index in [1.54, 1.807) is 44.9 Å². The number of furan rings is 1. The van der Waals surface area contributed by atoms with E-state index in [0.29, 0.717) is 44.4 Å². The van der Waals surface area contributed by atoms with Gasteiger partial charge in [-0.2, -0.15) is 0 Å². The molecular weight excluding hydrogens is 356 g/mol. The number of nitrogens with one attached hydrogen (secondary N) is 1. The molecule has 1 aliphatic heterocycles. The van der Waals surface area contributed by atoms with Gasteiger partial charge in [-0.1, -0.05) is 0 Å². The van der Waals surface area contributed by atoms with E-state index >= 15 is 0 Å². The van der Waals surface area contributed by atoms with Crippen LogP contribution in [0.25, 0.3) is 0 Å². The lowest BCUT2D eigenvalue weighted by molar-refractivity contribution is 0.0658. The molecule has 0 saturated carbocycles. The van der Waals surface area contributed by atoms with Gasteiger partial charge >= 0.3 is 0 Å². The lowest BCUT2D eigenvalue weighted by Crippen LogP contribution is -2.54. The number of nitrogens with zero attached hydrogens (tertiary/aromatic N) is 3. The number of carbonyl (C=O) groups is 1. The van der Waals surface area contributed by atoms with Gasteiger partial charge < -0.3 is 19.5 Å². The largest absolute Gasteiger partial charge is 0.459 e. The maximum atomic E-state index is 12.3. The molecule has 1 amide bonds. The molecule has 0 aliphatic carbocycles. The molecule has 8 nitrogen and oxygen atoms in total. The van der Waals surface area contributed by atoms with Gasteiger partial charge in [0.2, 0.25) is 0 Å². The number of guanidine groups is 1. The summed E-state index contributed by atoms with van der Waals surface area (Å²) in [5, 5.41) is 3.11. The third-order valence-corrected chi connectivity index (χ3v) is 7.00. The number of amides is 1. The number of carbonyl (C=O) groups excluding carboxylic acids is 1. The number of piperazine rings is 1. The first-order chi connectivity index (χ1) is 12.2. The zero-order valence-corrected chi connectivity index (χ0v) is 16.7. The predicted octanol–water partition coefficient (Wildman–Crippen LogP) is 0.826. The molecule has 9 heteroatoms. The Hall–Kier alpha value is -2.03. The van der Waals surface area contributed by atoms with Crippen molar-refractivity contribution in [3.63, 3.8) is 0 Å². The van der Waals surface area contributed by atoms with Crippen molar-refractivity contribution in [2.75, 3.05) is 45.5 Å². The van der Waals surface area contributed by atoms with Gasteiger partial charge in [-0.05, 0) is 32.9 Å². The van der Waals surface area contributed by atoms with E-state index in [-0.39, 0.29) is 11.7 Å². The maximum Gasteiger partial charge on any atom is 0.289 e. The van der Waals surface area contributed by atoms with Crippen LogP contribution in [-0.2, 0) is 9.84 Å². The fourth-order valence-electron chi connectivity index (χ4n) is 2.61. The van der Waals surface area contributed by atoms with E-state index in [2.05, 4.69) is 10.3 Å². The van der Waals surface area contributed by atoms with Gasteiger partial charge in [0.05, 0.1) is 16.8 Å². The standard InChI is InChI=1S/C17H28N4O4S/c1-17(2,3)26(23,24)13-7-19-16(18-4)21-10-8-20(9-11-21)15(22)14-6-5-12-25-14/h5-6,12H,7-11,13H2,1-4H3,(H,18,19). The van der Waals surface area contributed by atoms with Crippen molar-refractivity contribution in [1.82, 2.24) is 15.1 Å². The minimum Gasteiger partial charge on any atom is -0.459 e. The highest BCUT2D eigenvalue weighted by Crippen LogP contribution is 2.15. The molecule has 0 radical (unpaired) electrons. The summed E-state index contributed by atoms with van der Waals surface area (Å²) in [6, 6.07) is 3.35. The van der Waals surface area contributed by atoms with Gasteiger partial charge in [0, 0.05) is 39.8 Å². The molecule has 146 valence electrons. The number of sulfone groups is 1. The second kappa shape index (κ2) is 8.11. The predicted molar refractivity (Wildman–Crippen MR) is 101 cm³/mol. The number of aliphatic imine (C=N–C) groups is 1. The molecule has 1 aromatic heterocycles. The molecule has 1 N–H and O–H groups in total. The fourth-order valence-corrected chi connectivity index (χ4v) is 3.60.